The second-order valence-corrected chi connectivity index (χ2v) is 5.85. The van der Waals surface area contributed by atoms with E-state index >= 15 is 0 Å². The smallest absolute Gasteiger partial charge is 0.311 e. The normalized spacial score (nSPS) is 15.3. The van der Waals surface area contributed by atoms with Gasteiger partial charge in [0.05, 0.1) is 6.54 Å². The van der Waals surface area contributed by atoms with Crippen LogP contribution in [-0.4, -0.2) is 43.0 Å². The van der Waals surface area contributed by atoms with E-state index in [4.69, 9.17) is 9.47 Å². The Bertz CT molecular complexity index is 748. The van der Waals surface area contributed by atoms with Gasteiger partial charge in [0.25, 0.3) is 0 Å². The van der Waals surface area contributed by atoms with Gasteiger partial charge in [0.1, 0.15) is 12.7 Å². The summed E-state index contributed by atoms with van der Waals surface area (Å²) in [5.41, 5.74) is 0.965. The SMILES string of the molecule is CN(Cc1ccccc1)C(=O)C(=O)NCC1COc2ccccc2O1. The monoisotopic (exact) mass is 340 g/mol. The second-order valence-electron chi connectivity index (χ2n) is 5.85. The van der Waals surface area contributed by atoms with Crippen molar-refractivity contribution in [2.45, 2.75) is 12.6 Å². The highest BCUT2D eigenvalue weighted by Gasteiger charge is 2.24. The lowest BCUT2D eigenvalue weighted by Crippen LogP contribution is -2.46. The van der Waals surface area contributed by atoms with Crippen LogP contribution in [0.4, 0.5) is 0 Å². The minimum absolute atomic E-state index is 0.206. The van der Waals surface area contributed by atoms with Crippen LogP contribution in [0.1, 0.15) is 5.56 Å². The zero-order valence-electron chi connectivity index (χ0n) is 14.0. The van der Waals surface area contributed by atoms with Crippen LogP contribution in [0.3, 0.4) is 0 Å². The molecule has 0 saturated carbocycles. The van der Waals surface area contributed by atoms with E-state index < -0.39 is 11.8 Å². The summed E-state index contributed by atoms with van der Waals surface area (Å²) in [6.45, 7) is 0.910. The molecule has 1 aliphatic heterocycles. The third kappa shape index (κ3) is 4.29. The van der Waals surface area contributed by atoms with Crippen molar-refractivity contribution in [2.24, 2.45) is 0 Å². The van der Waals surface area contributed by atoms with Crippen molar-refractivity contribution < 1.29 is 19.1 Å². The first-order valence-electron chi connectivity index (χ1n) is 8.09. The molecule has 0 radical (unpaired) electrons. The van der Waals surface area contributed by atoms with Crippen LogP contribution < -0.4 is 14.8 Å². The molecule has 1 unspecified atom stereocenters. The number of likely N-dealkylation sites (N-methyl/N-ethyl adjacent to an activating group) is 1. The minimum atomic E-state index is -0.652. The number of nitrogens with one attached hydrogen (secondary N) is 1. The number of carbonyl (C=O) groups is 2. The molecule has 1 heterocycles. The van der Waals surface area contributed by atoms with Crippen LogP contribution in [0.15, 0.2) is 54.6 Å². The third-order valence-corrected chi connectivity index (χ3v) is 3.86. The first kappa shape index (κ1) is 16.8. The van der Waals surface area contributed by atoms with Crippen LogP contribution in [0.5, 0.6) is 11.5 Å². The van der Waals surface area contributed by atoms with Crippen LogP contribution in [0.2, 0.25) is 0 Å². The molecule has 3 rings (SSSR count). The maximum atomic E-state index is 12.2. The third-order valence-electron chi connectivity index (χ3n) is 3.86. The number of nitrogens with zero attached hydrogens (tertiary/aromatic N) is 1. The highest BCUT2D eigenvalue weighted by molar-refractivity contribution is 6.34. The molecule has 0 aliphatic carbocycles. The molecular weight excluding hydrogens is 320 g/mol. The molecule has 130 valence electrons. The Labute approximate surface area is 146 Å². The lowest BCUT2D eigenvalue weighted by molar-refractivity contribution is -0.145. The molecule has 2 amide bonds. The van der Waals surface area contributed by atoms with Gasteiger partial charge in [-0.25, -0.2) is 0 Å². The van der Waals surface area contributed by atoms with E-state index in [2.05, 4.69) is 5.32 Å². The fourth-order valence-corrected chi connectivity index (χ4v) is 2.55. The van der Waals surface area contributed by atoms with Crippen LogP contribution in [0, 0.1) is 0 Å². The van der Waals surface area contributed by atoms with Gasteiger partial charge in [-0.3, -0.25) is 9.59 Å². The molecule has 1 N–H and O–H groups in total. The molecule has 25 heavy (non-hydrogen) atoms. The quantitative estimate of drug-likeness (QED) is 0.859. The van der Waals surface area contributed by atoms with Gasteiger partial charge in [-0.15, -0.1) is 0 Å². The summed E-state index contributed by atoms with van der Waals surface area (Å²) in [7, 11) is 1.60. The van der Waals surface area contributed by atoms with E-state index in [1.165, 1.54) is 4.90 Å². The molecule has 6 heteroatoms. The number of rotatable bonds is 4. The number of ether oxygens (including phenoxy) is 2. The first-order chi connectivity index (χ1) is 12.1. The van der Waals surface area contributed by atoms with Crippen molar-refractivity contribution in [1.82, 2.24) is 10.2 Å². The van der Waals surface area contributed by atoms with E-state index in [1.54, 1.807) is 7.05 Å². The van der Waals surface area contributed by atoms with Gasteiger partial charge in [-0.2, -0.15) is 0 Å². The molecule has 6 nitrogen and oxygen atoms in total. The Balaban J connectivity index is 1.48. The molecule has 0 fully saturated rings. The van der Waals surface area contributed by atoms with Crippen molar-refractivity contribution in [2.75, 3.05) is 20.2 Å². The molecule has 2 aromatic rings. The summed E-state index contributed by atoms with van der Waals surface area (Å²) < 4.78 is 11.3. The zero-order chi connectivity index (χ0) is 17.6. The van der Waals surface area contributed by atoms with Crippen molar-refractivity contribution in [3.8, 4) is 11.5 Å². The maximum absolute atomic E-state index is 12.2. The minimum Gasteiger partial charge on any atom is -0.486 e. The van der Waals surface area contributed by atoms with Gasteiger partial charge in [0, 0.05) is 13.6 Å². The average molecular weight is 340 g/mol. The molecular formula is C19H20N2O4. The van der Waals surface area contributed by atoms with Gasteiger partial charge in [-0.05, 0) is 17.7 Å². The van der Waals surface area contributed by atoms with E-state index in [0.29, 0.717) is 24.7 Å². The average Bonchev–Trinajstić information content (AvgIpc) is 2.66. The summed E-state index contributed by atoms with van der Waals surface area (Å²) in [5, 5.41) is 2.61. The van der Waals surface area contributed by atoms with Gasteiger partial charge in [0.15, 0.2) is 11.5 Å². The highest BCUT2D eigenvalue weighted by atomic mass is 16.6. The lowest BCUT2D eigenvalue weighted by atomic mass is 10.2. The Morgan fingerprint density at radius 3 is 2.52 bits per heavy atom. The summed E-state index contributed by atoms with van der Waals surface area (Å²) in [6, 6.07) is 16.9. The molecule has 0 bridgehead atoms. The van der Waals surface area contributed by atoms with Gasteiger partial charge in [0.2, 0.25) is 0 Å². The van der Waals surface area contributed by atoms with Gasteiger partial charge < -0.3 is 19.7 Å². The van der Waals surface area contributed by atoms with Crippen molar-refractivity contribution in [3.63, 3.8) is 0 Å². The highest BCUT2D eigenvalue weighted by Crippen LogP contribution is 2.30. The van der Waals surface area contributed by atoms with Crippen molar-refractivity contribution in [1.29, 1.82) is 0 Å². The largest absolute Gasteiger partial charge is 0.486 e. The zero-order valence-corrected chi connectivity index (χ0v) is 14.0. The number of amides is 2. The molecule has 1 atom stereocenters. The Kier molecular flexibility index (Phi) is 5.18. The number of para-hydroxylation sites is 2. The Morgan fingerprint density at radius 1 is 1.08 bits per heavy atom. The summed E-state index contributed by atoms with van der Waals surface area (Å²) in [5.74, 6) is 0.0890. The summed E-state index contributed by atoms with van der Waals surface area (Å²) in [4.78, 5) is 25.6. The molecule has 0 spiro atoms. The van der Waals surface area contributed by atoms with E-state index in [1.807, 2.05) is 54.6 Å². The fourth-order valence-electron chi connectivity index (χ4n) is 2.55. The number of fused-ring (bicyclic) bond motifs is 1. The van der Waals surface area contributed by atoms with Crippen LogP contribution >= 0.6 is 0 Å². The topological polar surface area (TPSA) is 67.9 Å². The van der Waals surface area contributed by atoms with Gasteiger partial charge in [-0.1, -0.05) is 42.5 Å². The number of carbonyl (C=O) groups excluding carboxylic acids is 2. The summed E-state index contributed by atoms with van der Waals surface area (Å²) in [6.07, 6.45) is -0.328. The first-order valence-corrected chi connectivity index (χ1v) is 8.09. The maximum Gasteiger partial charge on any atom is 0.311 e. The Hall–Kier alpha value is -3.02. The predicted molar refractivity (Wildman–Crippen MR) is 92.3 cm³/mol. The van der Waals surface area contributed by atoms with Crippen molar-refractivity contribution in [3.05, 3.63) is 60.2 Å². The van der Waals surface area contributed by atoms with Crippen LogP contribution in [-0.2, 0) is 16.1 Å². The number of hydrogen-bond donors (Lipinski definition) is 1. The van der Waals surface area contributed by atoms with Crippen LogP contribution in [0.25, 0.3) is 0 Å². The fraction of sp³-hybridized carbons (Fsp3) is 0.263. The van der Waals surface area contributed by atoms with Gasteiger partial charge >= 0.3 is 11.8 Å². The second kappa shape index (κ2) is 7.70. The standard InChI is InChI=1S/C19H20N2O4/c1-21(12-14-7-3-2-4-8-14)19(23)18(22)20-11-15-13-24-16-9-5-6-10-17(16)25-15/h2-10,15H,11-13H2,1H3,(H,20,22). The number of hydrogen-bond acceptors (Lipinski definition) is 4. The molecule has 0 aromatic heterocycles. The Morgan fingerprint density at radius 2 is 1.76 bits per heavy atom. The lowest BCUT2D eigenvalue weighted by Gasteiger charge is -2.26. The molecule has 0 saturated heterocycles. The van der Waals surface area contributed by atoms with E-state index in [0.717, 1.165) is 5.56 Å². The predicted octanol–water partition coefficient (Wildman–Crippen LogP) is 1.60. The van der Waals surface area contributed by atoms with Crippen molar-refractivity contribution >= 4 is 11.8 Å². The summed E-state index contributed by atoms with van der Waals surface area (Å²) >= 11 is 0. The molecule has 2 aromatic carbocycles. The number of benzene rings is 2. The van der Waals surface area contributed by atoms with E-state index in [9.17, 15) is 9.59 Å². The van der Waals surface area contributed by atoms with E-state index in [-0.39, 0.29) is 12.6 Å². The molecule has 1 aliphatic rings.